The van der Waals surface area contributed by atoms with Gasteiger partial charge in [-0.25, -0.2) is 4.79 Å². The highest BCUT2D eigenvalue weighted by Crippen LogP contribution is 2.42. The van der Waals surface area contributed by atoms with E-state index in [0.29, 0.717) is 0 Å². The van der Waals surface area contributed by atoms with E-state index < -0.39 is 0 Å². The maximum atomic E-state index is 12.7. The molecule has 2 aliphatic carbocycles. The van der Waals surface area contributed by atoms with Crippen molar-refractivity contribution < 1.29 is 9.53 Å². The molecule has 0 aliphatic heterocycles. The molecule has 0 atom stereocenters. The molecule has 31 heavy (non-hydrogen) atoms. The molecule has 0 N–H and O–H groups in total. The minimum atomic E-state index is -0.0959. The van der Waals surface area contributed by atoms with E-state index in [-0.39, 0.29) is 12.1 Å². The molecule has 2 saturated carbocycles. The lowest BCUT2D eigenvalue weighted by molar-refractivity contribution is 0.0114. The summed E-state index contributed by atoms with van der Waals surface area (Å²) in [7, 11) is 0. The first kappa shape index (κ1) is 23.3. The number of carbonyl (C=O) groups excluding carboxylic acids is 1. The standard InChI is InChI=1S/C27H40O2S2/c1-3-5-6-8-19-9-11-20(12-10-19)21-13-15-22(16-14-21)29-27(28)26-18-25-24(31-26)17-23(30-25)7-4-2/h17-22H,3-16H2,1-2H3/t19-,20-,21-,22-. The Bertz CT molecular complexity index is 788. The van der Waals surface area contributed by atoms with Crippen LogP contribution in [0.15, 0.2) is 12.1 Å². The van der Waals surface area contributed by atoms with Crippen molar-refractivity contribution in [3.8, 4) is 0 Å². The molecule has 2 aromatic heterocycles. The number of esters is 1. The van der Waals surface area contributed by atoms with E-state index in [0.717, 1.165) is 41.9 Å². The average Bonchev–Trinajstić information content (AvgIpc) is 3.34. The molecule has 0 aromatic carbocycles. The third-order valence-corrected chi connectivity index (χ3v) is 10.1. The number of fused-ring (bicyclic) bond motifs is 1. The number of rotatable bonds is 9. The zero-order valence-electron chi connectivity index (χ0n) is 19.5. The minimum absolute atomic E-state index is 0.0959. The Morgan fingerprint density at radius 3 is 2.19 bits per heavy atom. The number of unbranched alkanes of at least 4 members (excludes halogenated alkanes) is 2. The van der Waals surface area contributed by atoms with Gasteiger partial charge in [-0.05, 0) is 74.8 Å². The molecule has 2 heterocycles. The molecular weight excluding hydrogens is 420 g/mol. The maximum absolute atomic E-state index is 12.7. The van der Waals surface area contributed by atoms with Crippen LogP contribution in [0.4, 0.5) is 0 Å². The van der Waals surface area contributed by atoms with Gasteiger partial charge in [0.15, 0.2) is 0 Å². The van der Waals surface area contributed by atoms with Crippen molar-refractivity contribution in [1.82, 2.24) is 0 Å². The highest BCUT2D eigenvalue weighted by molar-refractivity contribution is 7.28. The van der Waals surface area contributed by atoms with Gasteiger partial charge >= 0.3 is 5.97 Å². The predicted octanol–water partition coefficient (Wildman–Crippen LogP) is 9.02. The molecule has 0 saturated heterocycles. The molecule has 4 rings (SSSR count). The van der Waals surface area contributed by atoms with Gasteiger partial charge < -0.3 is 4.74 Å². The lowest BCUT2D eigenvalue weighted by Gasteiger charge is -2.37. The van der Waals surface area contributed by atoms with E-state index >= 15 is 0 Å². The summed E-state index contributed by atoms with van der Waals surface area (Å²) in [4.78, 5) is 14.9. The number of ether oxygens (including phenoxy) is 1. The molecule has 2 fully saturated rings. The van der Waals surface area contributed by atoms with Gasteiger partial charge in [-0.3, -0.25) is 0 Å². The van der Waals surface area contributed by atoms with Crippen LogP contribution in [0.2, 0.25) is 0 Å². The van der Waals surface area contributed by atoms with Crippen LogP contribution in [0.1, 0.15) is 112 Å². The van der Waals surface area contributed by atoms with E-state index in [1.54, 1.807) is 11.3 Å². The molecule has 4 heteroatoms. The molecule has 0 unspecified atom stereocenters. The number of thiophene rings is 2. The Morgan fingerprint density at radius 1 is 0.871 bits per heavy atom. The van der Waals surface area contributed by atoms with Gasteiger partial charge in [0.25, 0.3) is 0 Å². The molecule has 172 valence electrons. The lowest BCUT2D eigenvalue weighted by Crippen LogP contribution is -2.29. The van der Waals surface area contributed by atoms with Crippen LogP contribution in [0.5, 0.6) is 0 Å². The molecule has 0 bridgehead atoms. The second kappa shape index (κ2) is 11.3. The first-order valence-electron chi connectivity index (χ1n) is 12.9. The van der Waals surface area contributed by atoms with Crippen molar-refractivity contribution in [1.29, 1.82) is 0 Å². The number of hydrogen-bond acceptors (Lipinski definition) is 4. The summed E-state index contributed by atoms with van der Waals surface area (Å²) in [6, 6.07) is 4.31. The van der Waals surface area contributed by atoms with Crippen molar-refractivity contribution in [2.24, 2.45) is 17.8 Å². The summed E-state index contributed by atoms with van der Waals surface area (Å²) < 4.78 is 8.43. The van der Waals surface area contributed by atoms with Crippen molar-refractivity contribution in [2.45, 2.75) is 110 Å². The topological polar surface area (TPSA) is 26.3 Å². The van der Waals surface area contributed by atoms with Crippen LogP contribution in [0.3, 0.4) is 0 Å². The number of aryl methyl sites for hydroxylation is 1. The Labute approximate surface area is 196 Å². The molecule has 2 aromatic rings. The van der Waals surface area contributed by atoms with Gasteiger partial charge in [0.1, 0.15) is 11.0 Å². The normalized spacial score (nSPS) is 26.9. The third kappa shape index (κ3) is 6.13. The van der Waals surface area contributed by atoms with Gasteiger partial charge in [-0.2, -0.15) is 0 Å². The van der Waals surface area contributed by atoms with Gasteiger partial charge in [0, 0.05) is 14.3 Å². The Kier molecular flexibility index (Phi) is 8.50. The fourth-order valence-corrected chi connectivity index (χ4v) is 8.28. The summed E-state index contributed by atoms with van der Waals surface area (Å²) in [5, 5.41) is 0. The third-order valence-electron chi connectivity index (χ3n) is 7.72. The quantitative estimate of drug-likeness (QED) is 0.275. The number of carbonyl (C=O) groups is 1. The largest absolute Gasteiger partial charge is 0.458 e. The van der Waals surface area contributed by atoms with E-state index in [1.165, 1.54) is 84.9 Å². The second-order valence-corrected chi connectivity index (χ2v) is 12.3. The Morgan fingerprint density at radius 2 is 1.55 bits per heavy atom. The van der Waals surface area contributed by atoms with Gasteiger partial charge in [0.2, 0.25) is 0 Å². The Hall–Kier alpha value is -0.870. The lowest BCUT2D eigenvalue weighted by atomic mass is 9.70. The molecule has 0 amide bonds. The van der Waals surface area contributed by atoms with E-state index in [9.17, 15) is 4.79 Å². The number of hydrogen-bond donors (Lipinski definition) is 0. The highest BCUT2D eigenvalue weighted by atomic mass is 32.1. The van der Waals surface area contributed by atoms with Crippen LogP contribution in [0, 0.1) is 17.8 Å². The summed E-state index contributed by atoms with van der Waals surface area (Å²) >= 11 is 3.44. The van der Waals surface area contributed by atoms with Crippen molar-refractivity contribution in [2.75, 3.05) is 0 Å². The molecule has 0 radical (unpaired) electrons. The van der Waals surface area contributed by atoms with Crippen LogP contribution in [0.25, 0.3) is 9.40 Å². The van der Waals surface area contributed by atoms with Crippen LogP contribution >= 0.6 is 22.7 Å². The van der Waals surface area contributed by atoms with Gasteiger partial charge in [-0.15, -0.1) is 22.7 Å². The molecular formula is C27H40O2S2. The zero-order chi connectivity index (χ0) is 21.6. The maximum Gasteiger partial charge on any atom is 0.348 e. The monoisotopic (exact) mass is 460 g/mol. The second-order valence-electron chi connectivity index (χ2n) is 10.0. The molecule has 0 spiro atoms. The fraction of sp³-hybridized carbons (Fsp3) is 0.741. The smallest absolute Gasteiger partial charge is 0.348 e. The van der Waals surface area contributed by atoms with E-state index in [4.69, 9.17) is 4.74 Å². The van der Waals surface area contributed by atoms with Crippen molar-refractivity contribution in [3.63, 3.8) is 0 Å². The first-order valence-corrected chi connectivity index (χ1v) is 14.5. The minimum Gasteiger partial charge on any atom is -0.458 e. The molecule has 2 nitrogen and oxygen atoms in total. The first-order chi connectivity index (χ1) is 15.2. The highest BCUT2D eigenvalue weighted by Gasteiger charge is 2.32. The van der Waals surface area contributed by atoms with E-state index in [2.05, 4.69) is 26.0 Å². The van der Waals surface area contributed by atoms with E-state index in [1.807, 2.05) is 11.3 Å². The summed E-state index contributed by atoms with van der Waals surface area (Å²) in [6.07, 6.45) is 18.5. The van der Waals surface area contributed by atoms with Gasteiger partial charge in [0.05, 0.1) is 0 Å². The van der Waals surface area contributed by atoms with Crippen molar-refractivity contribution in [3.05, 3.63) is 21.9 Å². The van der Waals surface area contributed by atoms with Crippen LogP contribution in [-0.4, -0.2) is 12.1 Å². The summed E-state index contributed by atoms with van der Waals surface area (Å²) in [6.45, 7) is 4.52. The Balaban J connectivity index is 1.20. The van der Waals surface area contributed by atoms with Crippen LogP contribution in [-0.2, 0) is 11.2 Å². The summed E-state index contributed by atoms with van der Waals surface area (Å²) in [5.41, 5.74) is 0. The van der Waals surface area contributed by atoms with Crippen molar-refractivity contribution >= 4 is 38.0 Å². The van der Waals surface area contributed by atoms with Crippen LogP contribution < -0.4 is 0 Å². The molecule has 2 aliphatic rings. The van der Waals surface area contributed by atoms with Gasteiger partial charge in [-0.1, -0.05) is 58.8 Å². The predicted molar refractivity (Wildman–Crippen MR) is 134 cm³/mol. The average molecular weight is 461 g/mol. The fourth-order valence-electron chi connectivity index (χ4n) is 5.87. The zero-order valence-corrected chi connectivity index (χ0v) is 21.1. The summed E-state index contributed by atoms with van der Waals surface area (Å²) in [5.74, 6) is 2.70. The SMILES string of the molecule is CCCCC[C@H]1CC[C@H]([C@H]2CC[C@H](OC(=O)c3cc4sc(CCC)cc4s3)CC2)CC1.